The normalized spacial score (nSPS) is 18.4. The second kappa shape index (κ2) is 4.72. The van der Waals surface area contributed by atoms with Gasteiger partial charge in [-0.15, -0.1) is 0 Å². The maximum atomic E-state index is 11.8. The number of likely N-dealkylation sites (N-methyl/N-ethyl adjacent to an activating group) is 1. The quantitative estimate of drug-likeness (QED) is 0.623. The minimum atomic E-state index is -0.516. The van der Waals surface area contributed by atoms with Gasteiger partial charge < -0.3 is 9.64 Å². The van der Waals surface area contributed by atoms with Gasteiger partial charge in [0.1, 0.15) is 12.1 Å². The number of carbonyl (C=O) groups excluding carboxylic acids is 2. The van der Waals surface area contributed by atoms with Crippen LogP contribution in [0, 0.1) is 0 Å². The molecule has 2 amide bonds. The highest BCUT2D eigenvalue weighted by molar-refractivity contribution is 5.82. The number of hydrogen-bond acceptors (Lipinski definition) is 3. The third-order valence-corrected chi connectivity index (χ3v) is 2.33. The summed E-state index contributed by atoms with van der Waals surface area (Å²) in [5, 5.41) is 0. The molecule has 0 radical (unpaired) electrons. The summed E-state index contributed by atoms with van der Waals surface area (Å²) in [5.74, 6) is -0.0386. The van der Waals surface area contributed by atoms with Crippen LogP contribution in [0.5, 0.6) is 0 Å². The van der Waals surface area contributed by atoms with E-state index < -0.39 is 11.7 Å². The van der Waals surface area contributed by atoms with Gasteiger partial charge >= 0.3 is 6.09 Å². The first-order chi connectivity index (χ1) is 7.29. The third-order valence-electron chi connectivity index (χ3n) is 2.33. The summed E-state index contributed by atoms with van der Waals surface area (Å²) >= 11 is 0. The monoisotopic (exact) mass is 228 g/mol. The van der Waals surface area contributed by atoms with Gasteiger partial charge in [0.05, 0.1) is 0 Å². The zero-order chi connectivity index (χ0) is 12.3. The molecule has 1 fully saturated rings. The van der Waals surface area contributed by atoms with Crippen LogP contribution in [0.4, 0.5) is 4.79 Å². The fourth-order valence-corrected chi connectivity index (χ4v) is 1.47. The van der Waals surface area contributed by atoms with Crippen molar-refractivity contribution in [2.45, 2.75) is 32.8 Å². The van der Waals surface area contributed by atoms with Gasteiger partial charge in [-0.25, -0.2) is 4.79 Å². The minimum absolute atomic E-state index is 0.0386. The largest absolute Gasteiger partial charge is 0.444 e. The van der Waals surface area contributed by atoms with Crippen molar-refractivity contribution in [1.29, 1.82) is 0 Å². The Balaban J connectivity index is 2.59. The highest BCUT2D eigenvalue weighted by Crippen LogP contribution is 2.11. The minimum Gasteiger partial charge on any atom is -0.444 e. The second-order valence-corrected chi connectivity index (χ2v) is 5.07. The van der Waals surface area contributed by atoms with Crippen molar-refractivity contribution in [2.75, 3.05) is 26.7 Å². The molecule has 0 saturated carbocycles. The Morgan fingerprint density at radius 2 is 1.94 bits per heavy atom. The topological polar surface area (TPSA) is 49.9 Å². The highest BCUT2D eigenvalue weighted by Gasteiger charge is 2.26. The van der Waals surface area contributed by atoms with Crippen molar-refractivity contribution in [1.82, 2.24) is 9.80 Å². The lowest BCUT2D eigenvalue weighted by atomic mass is 10.2. The summed E-state index contributed by atoms with van der Waals surface area (Å²) in [7, 11) is 1.75. The van der Waals surface area contributed by atoms with Gasteiger partial charge in [0.2, 0.25) is 5.91 Å². The summed E-state index contributed by atoms with van der Waals surface area (Å²) in [6.07, 6.45) is 0.387. The molecule has 0 atom stereocenters. The number of rotatable bonds is 0. The molecule has 0 N–H and O–H groups in total. The molecule has 16 heavy (non-hydrogen) atoms. The molecule has 0 aromatic heterocycles. The highest BCUT2D eigenvalue weighted by atomic mass is 16.6. The van der Waals surface area contributed by atoms with Gasteiger partial charge in [0.15, 0.2) is 0 Å². The van der Waals surface area contributed by atoms with Gasteiger partial charge in [-0.05, 0) is 27.2 Å². The molecule has 0 aromatic rings. The Labute approximate surface area is 96.3 Å². The van der Waals surface area contributed by atoms with E-state index in [0.717, 1.165) is 6.42 Å². The van der Waals surface area contributed by atoms with Crippen LogP contribution < -0.4 is 0 Å². The van der Waals surface area contributed by atoms with E-state index in [1.165, 1.54) is 4.90 Å². The van der Waals surface area contributed by atoms with E-state index in [-0.39, 0.29) is 12.5 Å². The molecule has 1 rings (SSSR count). The Morgan fingerprint density at radius 3 is 2.50 bits per heavy atom. The van der Waals surface area contributed by atoms with Crippen LogP contribution in [0.2, 0.25) is 0 Å². The second-order valence-electron chi connectivity index (χ2n) is 5.07. The Hall–Kier alpha value is -1.26. The van der Waals surface area contributed by atoms with Crippen molar-refractivity contribution in [3.8, 4) is 0 Å². The molecule has 92 valence electrons. The molecule has 5 nitrogen and oxygen atoms in total. The van der Waals surface area contributed by atoms with Crippen LogP contribution in [0.25, 0.3) is 0 Å². The Kier molecular flexibility index (Phi) is 3.78. The summed E-state index contributed by atoms with van der Waals surface area (Å²) in [4.78, 5) is 26.4. The number of carbonyl (C=O) groups is 2. The van der Waals surface area contributed by atoms with E-state index in [1.54, 1.807) is 11.9 Å². The van der Waals surface area contributed by atoms with Crippen molar-refractivity contribution in [3.63, 3.8) is 0 Å². The van der Waals surface area contributed by atoms with E-state index in [1.807, 2.05) is 20.8 Å². The zero-order valence-electron chi connectivity index (χ0n) is 10.4. The average molecular weight is 228 g/mol. The van der Waals surface area contributed by atoms with Gasteiger partial charge in [0, 0.05) is 20.1 Å². The van der Waals surface area contributed by atoms with E-state index in [2.05, 4.69) is 0 Å². The smallest absolute Gasteiger partial charge is 0.410 e. The predicted molar refractivity (Wildman–Crippen MR) is 60.1 cm³/mol. The van der Waals surface area contributed by atoms with Crippen molar-refractivity contribution < 1.29 is 14.3 Å². The number of nitrogens with zero attached hydrogens (tertiary/aromatic N) is 2. The van der Waals surface area contributed by atoms with Crippen LogP contribution in [-0.2, 0) is 9.53 Å². The molecule has 0 aliphatic carbocycles. The van der Waals surface area contributed by atoms with Gasteiger partial charge in [-0.2, -0.15) is 0 Å². The van der Waals surface area contributed by atoms with Gasteiger partial charge in [0.25, 0.3) is 0 Å². The van der Waals surface area contributed by atoms with E-state index in [0.29, 0.717) is 13.1 Å². The molecular formula is C11H20N2O3. The molecule has 0 aromatic carbocycles. The lowest BCUT2D eigenvalue weighted by Crippen LogP contribution is -2.41. The molecule has 0 unspecified atom stereocenters. The van der Waals surface area contributed by atoms with Crippen LogP contribution in [0.1, 0.15) is 27.2 Å². The molecule has 0 spiro atoms. The van der Waals surface area contributed by atoms with Crippen LogP contribution in [0.3, 0.4) is 0 Å². The summed E-state index contributed by atoms with van der Waals surface area (Å²) < 4.78 is 5.23. The first-order valence-corrected chi connectivity index (χ1v) is 5.51. The third kappa shape index (κ3) is 3.72. The molecule has 1 saturated heterocycles. The molecule has 1 aliphatic rings. The van der Waals surface area contributed by atoms with E-state index in [9.17, 15) is 9.59 Å². The SMILES string of the molecule is CN1CCCN(C(=O)OC(C)(C)C)CC1=O. The fraction of sp³-hybridized carbons (Fsp3) is 0.818. The van der Waals surface area contributed by atoms with Crippen LogP contribution in [0.15, 0.2) is 0 Å². The molecular weight excluding hydrogens is 208 g/mol. The standard InChI is InChI=1S/C11H20N2O3/c1-11(2,3)16-10(15)13-7-5-6-12(4)9(14)8-13/h5-8H2,1-4H3. The summed E-state index contributed by atoms with van der Waals surface area (Å²) in [6, 6.07) is 0. The van der Waals surface area contributed by atoms with E-state index >= 15 is 0 Å². The summed E-state index contributed by atoms with van der Waals surface area (Å²) in [5.41, 5.74) is -0.516. The van der Waals surface area contributed by atoms with Crippen molar-refractivity contribution >= 4 is 12.0 Å². The zero-order valence-corrected chi connectivity index (χ0v) is 10.4. The van der Waals surface area contributed by atoms with E-state index in [4.69, 9.17) is 4.74 Å². The number of hydrogen-bond donors (Lipinski definition) is 0. The maximum absolute atomic E-state index is 11.8. The van der Waals surface area contributed by atoms with Crippen molar-refractivity contribution in [3.05, 3.63) is 0 Å². The van der Waals surface area contributed by atoms with Gasteiger partial charge in [-0.1, -0.05) is 0 Å². The first-order valence-electron chi connectivity index (χ1n) is 5.51. The molecule has 1 aliphatic heterocycles. The molecule has 1 heterocycles. The van der Waals surface area contributed by atoms with Crippen LogP contribution >= 0.6 is 0 Å². The molecule has 0 bridgehead atoms. The number of ether oxygens (including phenoxy) is 1. The van der Waals surface area contributed by atoms with Gasteiger partial charge in [-0.3, -0.25) is 9.69 Å². The average Bonchev–Trinajstić information content (AvgIpc) is 2.27. The Morgan fingerprint density at radius 1 is 1.31 bits per heavy atom. The Bertz CT molecular complexity index is 283. The lowest BCUT2D eigenvalue weighted by molar-refractivity contribution is -0.129. The number of amides is 2. The fourth-order valence-electron chi connectivity index (χ4n) is 1.47. The maximum Gasteiger partial charge on any atom is 0.410 e. The van der Waals surface area contributed by atoms with Crippen LogP contribution in [-0.4, -0.2) is 54.1 Å². The van der Waals surface area contributed by atoms with Crippen molar-refractivity contribution in [2.24, 2.45) is 0 Å². The molecule has 5 heteroatoms. The lowest BCUT2D eigenvalue weighted by Gasteiger charge is -2.25. The first kappa shape index (κ1) is 12.8. The summed E-state index contributed by atoms with van der Waals surface area (Å²) in [6.45, 7) is 6.83. The predicted octanol–water partition coefficient (Wildman–Crippen LogP) is 1.09.